The zero-order chi connectivity index (χ0) is 20.6. The van der Waals surface area contributed by atoms with Crippen LogP contribution in [0.5, 0.6) is 23.0 Å². The SMILES string of the molecule is CCc1cc(OC)c(C)c(CC)c1O.CCc1cc(OC)cc(CC)c1O. The normalized spacial score (nSPS) is 10.2. The van der Waals surface area contributed by atoms with Crippen LogP contribution in [0, 0.1) is 6.92 Å². The molecule has 0 aliphatic heterocycles. The molecule has 150 valence electrons. The maximum absolute atomic E-state index is 9.93. The molecule has 0 aliphatic rings. The second-order valence-corrected chi connectivity index (χ2v) is 6.40. The minimum absolute atomic E-state index is 0.422. The van der Waals surface area contributed by atoms with Gasteiger partial charge in [-0.25, -0.2) is 0 Å². The lowest BCUT2D eigenvalue weighted by Crippen LogP contribution is -1.97. The summed E-state index contributed by atoms with van der Waals surface area (Å²) in [5.41, 5.74) is 4.92. The number of ether oxygens (including phenoxy) is 2. The van der Waals surface area contributed by atoms with Crippen LogP contribution in [0.4, 0.5) is 0 Å². The molecule has 0 fully saturated rings. The van der Waals surface area contributed by atoms with Gasteiger partial charge in [-0.2, -0.15) is 0 Å². The Labute approximate surface area is 163 Å². The first kappa shape index (κ1) is 22.7. The van der Waals surface area contributed by atoms with E-state index in [0.29, 0.717) is 11.5 Å². The molecule has 0 amide bonds. The Morgan fingerprint density at radius 3 is 1.56 bits per heavy atom. The first-order valence-corrected chi connectivity index (χ1v) is 9.65. The van der Waals surface area contributed by atoms with Crippen molar-refractivity contribution < 1.29 is 19.7 Å². The lowest BCUT2D eigenvalue weighted by atomic mass is 9.99. The van der Waals surface area contributed by atoms with Crippen molar-refractivity contribution in [1.82, 2.24) is 0 Å². The third kappa shape index (κ3) is 5.31. The zero-order valence-corrected chi connectivity index (χ0v) is 17.8. The molecule has 4 heteroatoms. The van der Waals surface area contributed by atoms with Crippen molar-refractivity contribution in [2.75, 3.05) is 14.2 Å². The summed E-state index contributed by atoms with van der Waals surface area (Å²) in [6.45, 7) is 10.1. The monoisotopic (exact) mass is 374 g/mol. The predicted octanol–water partition coefficient (Wildman–Crippen LogP) is 5.36. The smallest absolute Gasteiger partial charge is 0.122 e. The Morgan fingerprint density at radius 1 is 0.704 bits per heavy atom. The highest BCUT2D eigenvalue weighted by molar-refractivity contribution is 5.52. The Hall–Kier alpha value is -2.36. The van der Waals surface area contributed by atoms with E-state index in [4.69, 9.17) is 9.47 Å². The number of phenolic OH excluding ortho intramolecular Hbond substituents is 2. The number of aryl methyl sites for hydroxylation is 3. The summed E-state index contributed by atoms with van der Waals surface area (Å²) >= 11 is 0. The largest absolute Gasteiger partial charge is 0.507 e. The van der Waals surface area contributed by atoms with Crippen molar-refractivity contribution in [3.05, 3.63) is 46.0 Å². The fraction of sp³-hybridized carbons (Fsp3) is 0.478. The van der Waals surface area contributed by atoms with Gasteiger partial charge in [-0.05, 0) is 73.1 Å². The first-order chi connectivity index (χ1) is 12.9. The van der Waals surface area contributed by atoms with Crippen LogP contribution >= 0.6 is 0 Å². The third-order valence-electron chi connectivity index (χ3n) is 4.91. The van der Waals surface area contributed by atoms with E-state index in [1.807, 2.05) is 52.8 Å². The van der Waals surface area contributed by atoms with E-state index in [0.717, 1.165) is 65.0 Å². The standard InChI is InChI=1S/C12H18O2.C11H16O2/c1-5-9-7-11(14-4)8(3)10(6-2)12(9)13;1-4-8-6-10(13-3)7-9(5-2)11(8)12/h7,13H,5-6H2,1-4H3;6-7,12H,4-5H2,1-3H3. The number of hydrogen-bond donors (Lipinski definition) is 2. The minimum Gasteiger partial charge on any atom is -0.507 e. The summed E-state index contributed by atoms with van der Waals surface area (Å²) in [5, 5.41) is 19.7. The highest BCUT2D eigenvalue weighted by atomic mass is 16.5. The molecule has 27 heavy (non-hydrogen) atoms. The molecule has 0 unspecified atom stereocenters. The number of benzene rings is 2. The lowest BCUT2D eigenvalue weighted by molar-refractivity contribution is 0.405. The van der Waals surface area contributed by atoms with Crippen LogP contribution < -0.4 is 9.47 Å². The van der Waals surface area contributed by atoms with E-state index in [2.05, 4.69) is 0 Å². The Kier molecular flexibility index (Phi) is 8.99. The van der Waals surface area contributed by atoms with Crippen molar-refractivity contribution >= 4 is 0 Å². The Morgan fingerprint density at radius 2 is 1.19 bits per heavy atom. The average Bonchev–Trinajstić information content (AvgIpc) is 2.69. The summed E-state index contributed by atoms with van der Waals surface area (Å²) in [6.07, 6.45) is 3.32. The van der Waals surface area contributed by atoms with Crippen molar-refractivity contribution in [2.45, 2.75) is 60.3 Å². The Balaban J connectivity index is 0.000000271. The summed E-state index contributed by atoms with van der Waals surface area (Å²) in [7, 11) is 3.31. The molecule has 0 aliphatic carbocycles. The summed E-state index contributed by atoms with van der Waals surface area (Å²) in [6, 6.07) is 5.69. The van der Waals surface area contributed by atoms with E-state index in [1.165, 1.54) is 0 Å². The van der Waals surface area contributed by atoms with Crippen LogP contribution in [-0.4, -0.2) is 24.4 Å². The fourth-order valence-electron chi connectivity index (χ4n) is 3.15. The molecule has 0 atom stereocenters. The van der Waals surface area contributed by atoms with Gasteiger partial charge >= 0.3 is 0 Å². The van der Waals surface area contributed by atoms with Gasteiger partial charge in [0, 0.05) is 5.56 Å². The molecule has 0 spiro atoms. The fourth-order valence-corrected chi connectivity index (χ4v) is 3.15. The summed E-state index contributed by atoms with van der Waals surface area (Å²) in [4.78, 5) is 0. The highest BCUT2D eigenvalue weighted by Gasteiger charge is 2.12. The van der Waals surface area contributed by atoms with Crippen LogP contribution in [0.2, 0.25) is 0 Å². The van der Waals surface area contributed by atoms with Crippen LogP contribution in [-0.2, 0) is 25.7 Å². The van der Waals surface area contributed by atoms with E-state index in [-0.39, 0.29) is 0 Å². The van der Waals surface area contributed by atoms with Crippen molar-refractivity contribution in [1.29, 1.82) is 0 Å². The van der Waals surface area contributed by atoms with E-state index in [1.54, 1.807) is 14.2 Å². The molecule has 0 radical (unpaired) electrons. The number of hydrogen-bond acceptors (Lipinski definition) is 4. The van der Waals surface area contributed by atoms with Gasteiger partial charge in [0.05, 0.1) is 14.2 Å². The van der Waals surface area contributed by atoms with Gasteiger partial charge in [0.15, 0.2) is 0 Å². The van der Waals surface area contributed by atoms with E-state index >= 15 is 0 Å². The van der Waals surface area contributed by atoms with Crippen LogP contribution in [0.3, 0.4) is 0 Å². The zero-order valence-electron chi connectivity index (χ0n) is 17.8. The minimum atomic E-state index is 0.422. The van der Waals surface area contributed by atoms with Crippen molar-refractivity contribution in [3.63, 3.8) is 0 Å². The van der Waals surface area contributed by atoms with Crippen LogP contribution in [0.1, 0.15) is 55.5 Å². The molecule has 2 aromatic rings. The molecule has 2 rings (SSSR count). The van der Waals surface area contributed by atoms with Gasteiger partial charge in [0.25, 0.3) is 0 Å². The second-order valence-electron chi connectivity index (χ2n) is 6.40. The van der Waals surface area contributed by atoms with Gasteiger partial charge in [-0.1, -0.05) is 27.7 Å². The molecular formula is C23H34O4. The molecule has 4 nitrogen and oxygen atoms in total. The van der Waals surface area contributed by atoms with Gasteiger partial charge < -0.3 is 19.7 Å². The van der Waals surface area contributed by atoms with Gasteiger partial charge in [0.1, 0.15) is 23.0 Å². The molecule has 2 N–H and O–H groups in total. The molecule has 0 saturated carbocycles. The van der Waals surface area contributed by atoms with Crippen LogP contribution in [0.25, 0.3) is 0 Å². The molecule has 0 heterocycles. The second kappa shape index (κ2) is 10.7. The van der Waals surface area contributed by atoms with Crippen molar-refractivity contribution in [2.24, 2.45) is 0 Å². The van der Waals surface area contributed by atoms with Gasteiger partial charge in [-0.3, -0.25) is 0 Å². The topological polar surface area (TPSA) is 58.9 Å². The lowest BCUT2D eigenvalue weighted by Gasteiger charge is -2.14. The number of phenols is 2. The average molecular weight is 375 g/mol. The number of methoxy groups -OCH3 is 2. The summed E-state index contributed by atoms with van der Waals surface area (Å²) in [5.74, 6) is 2.56. The molecule has 0 bridgehead atoms. The number of aromatic hydroxyl groups is 2. The molecular weight excluding hydrogens is 340 g/mol. The van der Waals surface area contributed by atoms with E-state index < -0.39 is 0 Å². The van der Waals surface area contributed by atoms with E-state index in [9.17, 15) is 10.2 Å². The third-order valence-corrected chi connectivity index (χ3v) is 4.91. The maximum Gasteiger partial charge on any atom is 0.122 e. The summed E-state index contributed by atoms with van der Waals surface area (Å²) < 4.78 is 10.4. The first-order valence-electron chi connectivity index (χ1n) is 9.65. The predicted molar refractivity (Wildman–Crippen MR) is 112 cm³/mol. The van der Waals surface area contributed by atoms with Crippen molar-refractivity contribution in [3.8, 4) is 23.0 Å². The van der Waals surface area contributed by atoms with Crippen LogP contribution in [0.15, 0.2) is 18.2 Å². The van der Waals surface area contributed by atoms with Gasteiger partial charge in [0.2, 0.25) is 0 Å². The Bertz CT molecular complexity index is 697. The quantitative estimate of drug-likeness (QED) is 0.715. The highest BCUT2D eigenvalue weighted by Crippen LogP contribution is 2.33. The maximum atomic E-state index is 9.93. The molecule has 0 saturated heterocycles. The van der Waals surface area contributed by atoms with Gasteiger partial charge in [-0.15, -0.1) is 0 Å². The molecule has 0 aromatic heterocycles. The molecule has 2 aromatic carbocycles. The number of rotatable bonds is 6.